The fourth-order valence-electron chi connectivity index (χ4n) is 4.18. The van der Waals surface area contributed by atoms with Crippen LogP contribution in [0.5, 0.6) is 0 Å². The van der Waals surface area contributed by atoms with Gasteiger partial charge in [-0.2, -0.15) is 4.98 Å². The van der Waals surface area contributed by atoms with Crippen LogP contribution >= 0.6 is 0 Å². The van der Waals surface area contributed by atoms with Crippen LogP contribution in [0.15, 0.2) is 132 Å². The number of rotatable bonds is 5. The molecule has 4 heteroatoms. The van der Waals surface area contributed by atoms with E-state index in [1.54, 1.807) is 6.26 Å². The predicted octanol–water partition coefficient (Wildman–Crippen LogP) is 7.73. The second-order valence-electron chi connectivity index (χ2n) is 7.79. The van der Waals surface area contributed by atoms with Crippen LogP contribution in [0.4, 0.5) is 17.2 Å². The Morgan fingerprint density at radius 2 is 1.09 bits per heavy atom. The molecule has 0 aliphatic carbocycles. The number of nitrogens with zero attached hydrogens (tertiary/aromatic N) is 3. The highest BCUT2D eigenvalue weighted by Gasteiger charge is 2.24. The Bertz CT molecular complexity index is 1450. The summed E-state index contributed by atoms with van der Waals surface area (Å²) in [4.78, 5) is 7.09. The molecule has 2 aromatic heterocycles. The first-order valence-corrected chi connectivity index (χ1v) is 10.9. The van der Waals surface area contributed by atoms with E-state index in [1.165, 1.54) is 11.1 Å². The normalized spacial score (nSPS) is 11.0. The lowest BCUT2D eigenvalue weighted by atomic mass is 10.0. The van der Waals surface area contributed by atoms with Gasteiger partial charge >= 0.3 is 5.84 Å². The number of imidazole rings is 1. The third kappa shape index (κ3) is 3.48. The summed E-state index contributed by atoms with van der Waals surface area (Å²) in [6, 6.07) is 39.6. The van der Waals surface area contributed by atoms with E-state index in [-0.39, 0.29) is 0 Å². The van der Waals surface area contributed by atoms with E-state index < -0.39 is 0 Å². The van der Waals surface area contributed by atoms with Gasteiger partial charge in [0.15, 0.2) is 5.82 Å². The summed E-state index contributed by atoms with van der Waals surface area (Å²) in [7, 11) is 0. The molecule has 4 aromatic carbocycles. The number of hydrogen-bond acceptors (Lipinski definition) is 3. The van der Waals surface area contributed by atoms with Gasteiger partial charge in [0.2, 0.25) is 0 Å². The lowest BCUT2D eigenvalue weighted by molar-refractivity contribution is 0.596. The van der Waals surface area contributed by atoms with Crippen molar-refractivity contribution in [3.63, 3.8) is 0 Å². The molecule has 0 saturated heterocycles. The molecule has 0 aliphatic heterocycles. The van der Waals surface area contributed by atoms with E-state index in [0.717, 1.165) is 28.5 Å². The van der Waals surface area contributed by atoms with Crippen molar-refractivity contribution in [1.82, 2.24) is 9.38 Å². The van der Waals surface area contributed by atoms with Gasteiger partial charge in [0, 0.05) is 16.9 Å². The van der Waals surface area contributed by atoms with Crippen LogP contribution in [-0.2, 0) is 0 Å². The molecular weight excluding hydrogens is 406 g/mol. The van der Waals surface area contributed by atoms with Crippen molar-refractivity contribution in [3.8, 4) is 22.4 Å². The quantitative estimate of drug-likeness (QED) is 0.282. The van der Waals surface area contributed by atoms with Gasteiger partial charge in [0.1, 0.15) is 12.0 Å². The Balaban J connectivity index is 1.54. The minimum Gasteiger partial charge on any atom is -0.432 e. The van der Waals surface area contributed by atoms with Crippen molar-refractivity contribution in [1.29, 1.82) is 0 Å². The number of oxazole rings is 1. The summed E-state index contributed by atoms with van der Waals surface area (Å²) in [5.41, 5.74) is 6.36. The second-order valence-corrected chi connectivity index (χ2v) is 7.79. The maximum atomic E-state index is 5.70. The van der Waals surface area contributed by atoms with Gasteiger partial charge in [-0.25, -0.2) is 0 Å². The molecule has 0 radical (unpaired) electrons. The topological polar surface area (TPSA) is 33.7 Å². The summed E-state index contributed by atoms with van der Waals surface area (Å²) in [6.45, 7) is 0. The molecule has 0 unspecified atom stereocenters. The molecule has 4 nitrogen and oxygen atoms in total. The van der Waals surface area contributed by atoms with Crippen molar-refractivity contribution in [2.24, 2.45) is 0 Å². The van der Waals surface area contributed by atoms with Crippen molar-refractivity contribution in [2.75, 3.05) is 4.90 Å². The molecule has 0 atom stereocenters. The van der Waals surface area contributed by atoms with Crippen LogP contribution in [0, 0.1) is 0 Å². The maximum Gasteiger partial charge on any atom is 0.308 e. The molecule has 0 saturated carbocycles. The highest BCUT2D eigenvalue weighted by molar-refractivity contribution is 5.86. The zero-order valence-electron chi connectivity index (χ0n) is 17.9. The van der Waals surface area contributed by atoms with Gasteiger partial charge in [-0.3, -0.25) is 9.30 Å². The van der Waals surface area contributed by atoms with Crippen LogP contribution in [0.1, 0.15) is 0 Å². The monoisotopic (exact) mass is 427 g/mol. The molecule has 0 fully saturated rings. The molecule has 6 rings (SSSR count). The first-order valence-electron chi connectivity index (χ1n) is 10.9. The van der Waals surface area contributed by atoms with E-state index in [2.05, 4.69) is 77.7 Å². The molecule has 0 amide bonds. The highest BCUT2D eigenvalue weighted by atomic mass is 16.3. The van der Waals surface area contributed by atoms with E-state index >= 15 is 0 Å². The SMILES string of the molecule is c1ccc(-c2ccc(-c3nc4occn4c3N(c3ccccc3)c3ccccc3)cc2)cc1. The zero-order valence-corrected chi connectivity index (χ0v) is 17.9. The van der Waals surface area contributed by atoms with E-state index in [0.29, 0.717) is 5.84 Å². The highest BCUT2D eigenvalue weighted by Crippen LogP contribution is 2.41. The van der Waals surface area contributed by atoms with E-state index in [9.17, 15) is 0 Å². The Morgan fingerprint density at radius 3 is 1.70 bits per heavy atom. The van der Waals surface area contributed by atoms with Crippen LogP contribution in [0.2, 0.25) is 0 Å². The standard InChI is InChI=1S/C29H21N3O/c1-4-10-22(11-5-1)23-16-18-24(19-17-23)27-28(31-20-21-33-29(31)30-27)32(25-12-6-2-7-13-25)26-14-8-3-9-15-26/h1-21H. The number of anilines is 3. The van der Waals surface area contributed by atoms with Crippen molar-refractivity contribution in [2.45, 2.75) is 0 Å². The number of benzene rings is 4. The Hall–Kier alpha value is -4.57. The first-order chi connectivity index (χ1) is 16.4. The van der Waals surface area contributed by atoms with Crippen LogP contribution in [0.25, 0.3) is 28.2 Å². The van der Waals surface area contributed by atoms with Gasteiger partial charge in [-0.1, -0.05) is 91.0 Å². The van der Waals surface area contributed by atoms with Crippen LogP contribution < -0.4 is 4.90 Å². The lowest BCUT2D eigenvalue weighted by Gasteiger charge is -2.25. The molecule has 6 aromatic rings. The summed E-state index contributed by atoms with van der Waals surface area (Å²) >= 11 is 0. The number of hydrogen-bond donors (Lipinski definition) is 0. The smallest absolute Gasteiger partial charge is 0.308 e. The minimum atomic E-state index is 0.559. The van der Waals surface area contributed by atoms with Gasteiger partial charge in [0.05, 0.1) is 6.20 Å². The predicted molar refractivity (Wildman–Crippen MR) is 133 cm³/mol. The Labute approximate surface area is 192 Å². The summed E-state index contributed by atoms with van der Waals surface area (Å²) < 4.78 is 7.70. The van der Waals surface area contributed by atoms with Crippen molar-refractivity contribution in [3.05, 3.63) is 128 Å². The van der Waals surface area contributed by atoms with Gasteiger partial charge in [0.25, 0.3) is 0 Å². The van der Waals surface area contributed by atoms with Crippen molar-refractivity contribution < 1.29 is 4.42 Å². The largest absolute Gasteiger partial charge is 0.432 e. The van der Waals surface area contributed by atoms with Gasteiger partial charge < -0.3 is 4.42 Å². The van der Waals surface area contributed by atoms with Crippen LogP contribution in [0.3, 0.4) is 0 Å². The molecule has 0 aliphatic rings. The molecular formula is C29H21N3O. The molecule has 0 spiro atoms. The fraction of sp³-hybridized carbons (Fsp3) is 0. The summed E-state index contributed by atoms with van der Waals surface area (Å²) in [6.07, 6.45) is 3.58. The lowest BCUT2D eigenvalue weighted by Crippen LogP contribution is -2.12. The number of para-hydroxylation sites is 2. The third-order valence-electron chi connectivity index (χ3n) is 5.74. The number of aromatic nitrogens is 2. The third-order valence-corrected chi connectivity index (χ3v) is 5.74. The van der Waals surface area contributed by atoms with E-state index in [4.69, 9.17) is 9.40 Å². The zero-order chi connectivity index (χ0) is 22.0. The minimum absolute atomic E-state index is 0.559. The molecule has 0 N–H and O–H groups in total. The van der Waals surface area contributed by atoms with Gasteiger partial charge in [-0.15, -0.1) is 0 Å². The fourth-order valence-corrected chi connectivity index (χ4v) is 4.18. The Morgan fingerprint density at radius 1 is 0.576 bits per heavy atom. The average molecular weight is 428 g/mol. The molecule has 33 heavy (non-hydrogen) atoms. The Kier molecular flexibility index (Phi) is 4.74. The molecule has 0 bridgehead atoms. The van der Waals surface area contributed by atoms with Crippen LogP contribution in [-0.4, -0.2) is 9.38 Å². The van der Waals surface area contributed by atoms with Crippen molar-refractivity contribution >= 4 is 23.0 Å². The number of fused-ring (bicyclic) bond motifs is 1. The summed E-state index contributed by atoms with van der Waals surface area (Å²) in [5, 5.41) is 0. The van der Waals surface area contributed by atoms with Gasteiger partial charge in [-0.05, 0) is 35.4 Å². The first kappa shape index (κ1) is 19.1. The maximum absolute atomic E-state index is 5.70. The second kappa shape index (κ2) is 8.17. The molecule has 158 valence electrons. The van der Waals surface area contributed by atoms with E-state index in [1.807, 2.05) is 53.1 Å². The molecule has 2 heterocycles. The summed E-state index contributed by atoms with van der Waals surface area (Å²) in [5.74, 6) is 1.49. The average Bonchev–Trinajstić information content (AvgIpc) is 3.49.